The number of benzene rings is 1. The Morgan fingerprint density at radius 3 is 2.70 bits per heavy atom. The molecule has 0 aliphatic heterocycles. The molecule has 0 spiro atoms. The largest absolute Gasteiger partial charge is 0.347 e. The molecule has 2 N–H and O–H groups in total. The lowest BCUT2D eigenvalue weighted by Gasteiger charge is -2.05. The zero-order chi connectivity index (χ0) is 16.8. The SMILES string of the molecule is CC(C)CCC(=O)NCC(=O)N/N=c1\sc2ccccc2n1C. The summed E-state index contributed by atoms with van der Waals surface area (Å²) in [5, 5.41) is 6.73. The quantitative estimate of drug-likeness (QED) is 0.789. The van der Waals surface area contributed by atoms with Crippen LogP contribution < -0.4 is 15.5 Å². The zero-order valence-electron chi connectivity index (χ0n) is 13.6. The topological polar surface area (TPSA) is 75.5 Å². The van der Waals surface area contributed by atoms with Crippen molar-refractivity contribution in [3.63, 3.8) is 0 Å². The van der Waals surface area contributed by atoms with Crippen molar-refractivity contribution in [1.82, 2.24) is 15.3 Å². The molecule has 6 nitrogen and oxygen atoms in total. The van der Waals surface area contributed by atoms with E-state index in [1.807, 2.05) is 35.9 Å². The van der Waals surface area contributed by atoms with Gasteiger partial charge in [0, 0.05) is 13.5 Å². The summed E-state index contributed by atoms with van der Waals surface area (Å²) < 4.78 is 3.02. The van der Waals surface area contributed by atoms with Gasteiger partial charge < -0.3 is 9.88 Å². The van der Waals surface area contributed by atoms with Crippen LogP contribution in [0.1, 0.15) is 26.7 Å². The van der Waals surface area contributed by atoms with Crippen molar-refractivity contribution in [2.24, 2.45) is 18.1 Å². The van der Waals surface area contributed by atoms with E-state index in [9.17, 15) is 9.59 Å². The molecule has 0 unspecified atom stereocenters. The smallest absolute Gasteiger partial charge is 0.259 e. The van der Waals surface area contributed by atoms with E-state index in [4.69, 9.17) is 0 Å². The highest BCUT2D eigenvalue weighted by Crippen LogP contribution is 2.14. The molecule has 1 aromatic heterocycles. The molecule has 0 radical (unpaired) electrons. The Morgan fingerprint density at radius 2 is 2.00 bits per heavy atom. The third-order valence-electron chi connectivity index (χ3n) is 3.39. The summed E-state index contributed by atoms with van der Waals surface area (Å²) in [6, 6.07) is 7.94. The first-order valence-electron chi connectivity index (χ1n) is 7.61. The van der Waals surface area contributed by atoms with Crippen LogP contribution in [0.15, 0.2) is 29.4 Å². The van der Waals surface area contributed by atoms with Gasteiger partial charge in [-0.25, -0.2) is 5.43 Å². The minimum atomic E-state index is -0.333. The molecule has 0 aliphatic carbocycles. The summed E-state index contributed by atoms with van der Waals surface area (Å²) in [7, 11) is 1.90. The lowest BCUT2D eigenvalue weighted by atomic mass is 10.1. The van der Waals surface area contributed by atoms with Crippen LogP contribution in [-0.4, -0.2) is 22.9 Å². The van der Waals surface area contributed by atoms with Crippen molar-refractivity contribution in [2.75, 3.05) is 6.54 Å². The van der Waals surface area contributed by atoms with Crippen LogP contribution in [0.3, 0.4) is 0 Å². The molecule has 0 saturated carbocycles. The average Bonchev–Trinajstić information content (AvgIpc) is 2.85. The molecule has 7 heteroatoms. The van der Waals surface area contributed by atoms with Gasteiger partial charge in [0.25, 0.3) is 5.91 Å². The highest BCUT2D eigenvalue weighted by molar-refractivity contribution is 7.16. The Bertz CT molecular complexity index is 761. The summed E-state index contributed by atoms with van der Waals surface area (Å²) in [4.78, 5) is 24.0. The van der Waals surface area contributed by atoms with Crippen LogP contribution in [0, 0.1) is 5.92 Å². The Morgan fingerprint density at radius 1 is 1.26 bits per heavy atom. The number of thiazole rings is 1. The number of fused-ring (bicyclic) bond motifs is 1. The van der Waals surface area contributed by atoms with Gasteiger partial charge in [-0.15, -0.1) is 5.10 Å². The standard InChI is InChI=1S/C16H22N4O2S/c1-11(2)8-9-14(21)17-10-15(22)18-19-16-20(3)12-6-4-5-7-13(12)23-16/h4-7,11H,8-10H2,1-3H3,(H,17,21)(H,18,22)/b19-16-. The molecule has 0 fully saturated rings. The lowest BCUT2D eigenvalue weighted by Crippen LogP contribution is -2.35. The summed E-state index contributed by atoms with van der Waals surface area (Å²) in [6.07, 6.45) is 1.25. The number of aromatic nitrogens is 1. The van der Waals surface area contributed by atoms with E-state index in [1.54, 1.807) is 0 Å². The monoisotopic (exact) mass is 334 g/mol. The number of aryl methyl sites for hydroxylation is 1. The molecular weight excluding hydrogens is 312 g/mol. The number of rotatable bonds is 6. The van der Waals surface area contributed by atoms with Crippen molar-refractivity contribution >= 4 is 33.4 Å². The molecule has 0 saturated heterocycles. The van der Waals surface area contributed by atoms with Crippen LogP contribution in [0.2, 0.25) is 0 Å². The van der Waals surface area contributed by atoms with Crippen LogP contribution in [0.25, 0.3) is 10.2 Å². The number of hydrogen-bond donors (Lipinski definition) is 2. The fraction of sp³-hybridized carbons (Fsp3) is 0.438. The molecule has 2 aromatic rings. The molecule has 0 aliphatic rings. The third-order valence-corrected chi connectivity index (χ3v) is 4.50. The third kappa shape index (κ3) is 4.92. The zero-order valence-corrected chi connectivity index (χ0v) is 14.4. The normalized spacial score (nSPS) is 11.9. The average molecular weight is 334 g/mol. The lowest BCUT2D eigenvalue weighted by molar-refractivity contribution is -0.126. The van der Waals surface area contributed by atoms with Gasteiger partial charge in [-0.1, -0.05) is 37.3 Å². The molecule has 2 rings (SSSR count). The van der Waals surface area contributed by atoms with Gasteiger partial charge in [0.15, 0.2) is 0 Å². The van der Waals surface area contributed by atoms with Crippen molar-refractivity contribution in [1.29, 1.82) is 0 Å². The van der Waals surface area contributed by atoms with Crippen molar-refractivity contribution in [2.45, 2.75) is 26.7 Å². The maximum Gasteiger partial charge on any atom is 0.259 e. The summed E-state index contributed by atoms with van der Waals surface area (Å²) in [5.41, 5.74) is 3.54. The van der Waals surface area contributed by atoms with E-state index in [1.165, 1.54) is 11.3 Å². The van der Waals surface area contributed by atoms with E-state index in [0.717, 1.165) is 16.6 Å². The van der Waals surface area contributed by atoms with Crippen LogP contribution in [0.5, 0.6) is 0 Å². The van der Waals surface area contributed by atoms with Gasteiger partial charge in [0.1, 0.15) is 0 Å². The number of nitrogens with one attached hydrogen (secondary N) is 2. The molecular formula is C16H22N4O2S. The minimum Gasteiger partial charge on any atom is -0.347 e. The van der Waals surface area contributed by atoms with Gasteiger partial charge in [-0.2, -0.15) is 0 Å². The maximum absolute atomic E-state index is 11.8. The second-order valence-electron chi connectivity index (χ2n) is 5.77. The second-order valence-corrected chi connectivity index (χ2v) is 6.78. The number of hydrogen-bond acceptors (Lipinski definition) is 4. The highest BCUT2D eigenvalue weighted by atomic mass is 32.1. The molecule has 0 atom stereocenters. The van der Waals surface area contributed by atoms with Crippen LogP contribution in [0.4, 0.5) is 0 Å². The summed E-state index contributed by atoms with van der Waals surface area (Å²) in [6.45, 7) is 4.06. The molecule has 1 heterocycles. The Labute approximate surface area is 139 Å². The van der Waals surface area contributed by atoms with Crippen molar-refractivity contribution < 1.29 is 9.59 Å². The van der Waals surface area contributed by atoms with E-state index in [2.05, 4.69) is 29.7 Å². The van der Waals surface area contributed by atoms with Gasteiger partial charge in [-0.05, 0) is 24.5 Å². The molecule has 2 amide bonds. The van der Waals surface area contributed by atoms with Gasteiger partial charge >= 0.3 is 0 Å². The maximum atomic E-state index is 11.8. The number of carbonyl (C=O) groups excluding carboxylic acids is 2. The van der Waals surface area contributed by atoms with Gasteiger partial charge in [0.05, 0.1) is 16.8 Å². The molecule has 0 bridgehead atoms. The number of nitrogens with zero attached hydrogens (tertiary/aromatic N) is 2. The van der Waals surface area contributed by atoms with E-state index in [0.29, 0.717) is 17.1 Å². The molecule has 1 aromatic carbocycles. The van der Waals surface area contributed by atoms with E-state index >= 15 is 0 Å². The first-order chi connectivity index (χ1) is 11.0. The number of amides is 2. The molecule has 124 valence electrons. The van der Waals surface area contributed by atoms with Gasteiger partial charge in [-0.3, -0.25) is 9.59 Å². The number of carbonyl (C=O) groups is 2. The summed E-state index contributed by atoms with van der Waals surface area (Å²) in [5.74, 6) is 0.0270. The fourth-order valence-corrected chi connectivity index (χ4v) is 3.00. The van der Waals surface area contributed by atoms with Crippen molar-refractivity contribution in [3.05, 3.63) is 29.1 Å². The first-order valence-corrected chi connectivity index (χ1v) is 8.43. The predicted molar refractivity (Wildman–Crippen MR) is 91.6 cm³/mol. The number of para-hydroxylation sites is 1. The van der Waals surface area contributed by atoms with Crippen molar-refractivity contribution in [3.8, 4) is 0 Å². The minimum absolute atomic E-state index is 0.0605. The van der Waals surface area contributed by atoms with Gasteiger partial charge in [0.2, 0.25) is 10.7 Å². The highest BCUT2D eigenvalue weighted by Gasteiger charge is 2.06. The molecule has 23 heavy (non-hydrogen) atoms. The Kier molecular flexibility index (Phi) is 5.92. The summed E-state index contributed by atoms with van der Waals surface area (Å²) >= 11 is 1.50. The van der Waals surface area contributed by atoms with Crippen LogP contribution in [-0.2, 0) is 16.6 Å². The second kappa shape index (κ2) is 7.92. The van der Waals surface area contributed by atoms with E-state index in [-0.39, 0.29) is 18.4 Å². The first kappa shape index (κ1) is 17.2. The Hall–Kier alpha value is -2.15. The predicted octanol–water partition coefficient (Wildman–Crippen LogP) is 1.72. The Balaban J connectivity index is 1.90. The van der Waals surface area contributed by atoms with Crippen LogP contribution >= 0.6 is 11.3 Å². The fourth-order valence-electron chi connectivity index (χ4n) is 2.02. The van der Waals surface area contributed by atoms with E-state index < -0.39 is 0 Å².